The van der Waals surface area contributed by atoms with Crippen molar-refractivity contribution in [3.63, 3.8) is 0 Å². The Morgan fingerprint density at radius 3 is 2.31 bits per heavy atom. The first kappa shape index (κ1) is 10.1. The Morgan fingerprint density at radius 2 is 1.69 bits per heavy atom. The van der Waals surface area contributed by atoms with Gasteiger partial charge in [-0.15, -0.1) is 0 Å². The van der Waals surface area contributed by atoms with E-state index in [1.54, 1.807) is 12.1 Å². The first-order valence-electron chi connectivity index (χ1n) is 5.98. The maximum Gasteiger partial charge on any atom is 0.123 e. The summed E-state index contributed by atoms with van der Waals surface area (Å²) >= 11 is 0. The number of benzene rings is 1. The first-order valence-corrected chi connectivity index (χ1v) is 5.98. The van der Waals surface area contributed by atoms with E-state index in [4.69, 9.17) is 4.74 Å². The molecular weight excluding hydrogens is 205 g/mol. The van der Waals surface area contributed by atoms with Crippen LogP contribution >= 0.6 is 0 Å². The molecule has 0 radical (unpaired) electrons. The Morgan fingerprint density at radius 1 is 1.06 bits per heavy atom. The Kier molecular flexibility index (Phi) is 2.56. The molecule has 2 nitrogen and oxygen atoms in total. The van der Waals surface area contributed by atoms with Crippen LogP contribution in [-0.2, 0) is 0 Å². The van der Waals surface area contributed by atoms with Crippen molar-refractivity contribution in [2.45, 2.75) is 43.9 Å². The number of halogens is 1. The van der Waals surface area contributed by atoms with Crippen LogP contribution in [0.1, 0.15) is 25.7 Å². The third-order valence-corrected chi connectivity index (χ3v) is 3.55. The normalized spacial score (nSPS) is 32.7. The number of piperidine rings is 1. The molecule has 0 spiro atoms. The third kappa shape index (κ3) is 2.05. The van der Waals surface area contributed by atoms with Crippen LogP contribution in [0.2, 0.25) is 0 Å². The van der Waals surface area contributed by atoms with Crippen LogP contribution in [0.25, 0.3) is 0 Å². The van der Waals surface area contributed by atoms with Gasteiger partial charge in [-0.25, -0.2) is 4.39 Å². The molecule has 1 aromatic rings. The zero-order valence-electron chi connectivity index (χ0n) is 9.16. The van der Waals surface area contributed by atoms with E-state index in [1.165, 1.54) is 25.0 Å². The van der Waals surface area contributed by atoms with Crippen molar-refractivity contribution in [2.75, 3.05) is 0 Å². The van der Waals surface area contributed by atoms with Gasteiger partial charge < -0.3 is 10.1 Å². The van der Waals surface area contributed by atoms with E-state index in [9.17, 15) is 4.39 Å². The monoisotopic (exact) mass is 221 g/mol. The van der Waals surface area contributed by atoms with Gasteiger partial charge in [0.25, 0.3) is 0 Å². The number of ether oxygens (including phenoxy) is 1. The van der Waals surface area contributed by atoms with E-state index in [-0.39, 0.29) is 5.82 Å². The molecule has 86 valence electrons. The Labute approximate surface area is 94.8 Å². The lowest BCUT2D eigenvalue weighted by Gasteiger charge is -2.29. The van der Waals surface area contributed by atoms with Gasteiger partial charge in [-0.05, 0) is 49.9 Å². The van der Waals surface area contributed by atoms with Crippen LogP contribution in [-0.4, -0.2) is 18.2 Å². The summed E-state index contributed by atoms with van der Waals surface area (Å²) in [5, 5.41) is 3.58. The van der Waals surface area contributed by atoms with E-state index in [0.717, 1.165) is 18.6 Å². The van der Waals surface area contributed by atoms with E-state index in [1.807, 2.05) is 0 Å². The number of rotatable bonds is 2. The molecule has 0 amide bonds. The highest BCUT2D eigenvalue weighted by atomic mass is 19.1. The van der Waals surface area contributed by atoms with Crippen molar-refractivity contribution in [3.05, 3.63) is 30.1 Å². The molecule has 2 fully saturated rings. The molecule has 2 heterocycles. The summed E-state index contributed by atoms with van der Waals surface area (Å²) in [4.78, 5) is 0. The first-order chi connectivity index (χ1) is 7.79. The number of nitrogens with one attached hydrogen (secondary N) is 1. The lowest BCUT2D eigenvalue weighted by atomic mass is 10.0. The van der Waals surface area contributed by atoms with Crippen LogP contribution in [0, 0.1) is 5.82 Å². The van der Waals surface area contributed by atoms with Crippen LogP contribution in [0.3, 0.4) is 0 Å². The highest BCUT2D eigenvalue weighted by Gasteiger charge is 2.34. The average Bonchev–Trinajstić information content (AvgIpc) is 2.62. The molecule has 1 aromatic carbocycles. The minimum Gasteiger partial charge on any atom is -0.490 e. The summed E-state index contributed by atoms with van der Waals surface area (Å²) in [6, 6.07) is 7.57. The fraction of sp³-hybridized carbons (Fsp3) is 0.538. The number of hydrogen-bond donors (Lipinski definition) is 1. The second-order valence-electron chi connectivity index (χ2n) is 4.80. The molecule has 2 saturated heterocycles. The molecule has 16 heavy (non-hydrogen) atoms. The SMILES string of the molecule is Fc1ccc(O[C@@H]2C[C@H]3CC[C@@H](C2)N3)cc1. The minimum absolute atomic E-state index is 0.210. The lowest BCUT2D eigenvalue weighted by Crippen LogP contribution is -2.42. The van der Waals surface area contributed by atoms with Gasteiger partial charge in [0.2, 0.25) is 0 Å². The molecule has 2 bridgehead atoms. The molecule has 0 unspecified atom stereocenters. The topological polar surface area (TPSA) is 21.3 Å². The maximum atomic E-state index is 12.7. The van der Waals surface area contributed by atoms with Gasteiger partial charge in [-0.3, -0.25) is 0 Å². The molecule has 2 aliphatic heterocycles. The molecule has 3 heteroatoms. The summed E-state index contributed by atoms with van der Waals surface area (Å²) in [6.07, 6.45) is 4.99. The van der Waals surface area contributed by atoms with E-state index < -0.39 is 0 Å². The highest BCUT2D eigenvalue weighted by Crippen LogP contribution is 2.29. The lowest BCUT2D eigenvalue weighted by molar-refractivity contribution is 0.137. The number of fused-ring (bicyclic) bond motifs is 2. The molecule has 0 aromatic heterocycles. The average molecular weight is 221 g/mol. The Hall–Kier alpha value is -1.09. The van der Waals surface area contributed by atoms with Gasteiger partial charge in [-0.1, -0.05) is 0 Å². The smallest absolute Gasteiger partial charge is 0.123 e. The second kappa shape index (κ2) is 4.06. The minimum atomic E-state index is -0.210. The Bertz CT molecular complexity index is 353. The number of hydrogen-bond acceptors (Lipinski definition) is 2. The zero-order chi connectivity index (χ0) is 11.0. The Balaban J connectivity index is 1.64. The molecule has 0 saturated carbocycles. The van der Waals surface area contributed by atoms with Gasteiger partial charge in [-0.2, -0.15) is 0 Å². The van der Waals surface area contributed by atoms with Gasteiger partial charge in [0.15, 0.2) is 0 Å². The van der Waals surface area contributed by atoms with Crippen molar-refractivity contribution in [3.8, 4) is 5.75 Å². The predicted octanol–water partition coefficient (Wildman–Crippen LogP) is 2.49. The predicted molar refractivity (Wildman–Crippen MR) is 60.0 cm³/mol. The van der Waals surface area contributed by atoms with Crippen molar-refractivity contribution < 1.29 is 9.13 Å². The quantitative estimate of drug-likeness (QED) is 0.828. The van der Waals surface area contributed by atoms with E-state index in [2.05, 4.69) is 5.32 Å². The van der Waals surface area contributed by atoms with Crippen molar-refractivity contribution in [1.29, 1.82) is 0 Å². The standard InChI is InChI=1S/C13H16FNO/c14-9-1-5-12(6-2-9)16-13-7-10-3-4-11(8-13)15-10/h1-2,5-6,10-11,13,15H,3-4,7-8H2/t10-,11+,13-. The summed E-state index contributed by atoms with van der Waals surface area (Å²) in [5.74, 6) is 0.574. The fourth-order valence-corrected chi connectivity index (χ4v) is 2.81. The van der Waals surface area contributed by atoms with Gasteiger partial charge >= 0.3 is 0 Å². The van der Waals surface area contributed by atoms with Gasteiger partial charge in [0.05, 0.1) is 0 Å². The van der Waals surface area contributed by atoms with Crippen LogP contribution < -0.4 is 10.1 Å². The summed E-state index contributed by atoms with van der Waals surface area (Å²) in [5.41, 5.74) is 0. The molecule has 2 aliphatic rings. The zero-order valence-corrected chi connectivity index (χ0v) is 9.16. The van der Waals surface area contributed by atoms with E-state index >= 15 is 0 Å². The van der Waals surface area contributed by atoms with Gasteiger partial charge in [0.1, 0.15) is 17.7 Å². The van der Waals surface area contributed by atoms with Crippen molar-refractivity contribution in [2.24, 2.45) is 0 Å². The van der Waals surface area contributed by atoms with Gasteiger partial charge in [0, 0.05) is 12.1 Å². The van der Waals surface area contributed by atoms with Crippen LogP contribution in [0.4, 0.5) is 4.39 Å². The molecular formula is C13H16FNO. The summed E-state index contributed by atoms with van der Waals surface area (Å²) < 4.78 is 18.6. The molecule has 1 N–H and O–H groups in total. The summed E-state index contributed by atoms with van der Waals surface area (Å²) in [7, 11) is 0. The van der Waals surface area contributed by atoms with Crippen molar-refractivity contribution in [1.82, 2.24) is 5.32 Å². The van der Waals surface area contributed by atoms with Crippen molar-refractivity contribution >= 4 is 0 Å². The molecule has 3 rings (SSSR count). The second-order valence-corrected chi connectivity index (χ2v) is 4.80. The van der Waals surface area contributed by atoms with Crippen LogP contribution in [0.15, 0.2) is 24.3 Å². The molecule has 0 aliphatic carbocycles. The largest absolute Gasteiger partial charge is 0.490 e. The van der Waals surface area contributed by atoms with Crippen LogP contribution in [0.5, 0.6) is 5.75 Å². The highest BCUT2D eigenvalue weighted by molar-refractivity contribution is 5.22. The summed E-state index contributed by atoms with van der Waals surface area (Å²) in [6.45, 7) is 0. The maximum absolute atomic E-state index is 12.7. The van der Waals surface area contributed by atoms with E-state index in [0.29, 0.717) is 18.2 Å². The third-order valence-electron chi connectivity index (χ3n) is 3.55. The fourth-order valence-electron chi connectivity index (χ4n) is 2.81. The molecule has 3 atom stereocenters.